The monoisotopic (exact) mass is 289 g/mol. The van der Waals surface area contributed by atoms with Gasteiger partial charge < -0.3 is 4.74 Å². The van der Waals surface area contributed by atoms with E-state index in [2.05, 4.69) is 0 Å². The third-order valence-electron chi connectivity index (χ3n) is 2.57. The zero-order valence-corrected chi connectivity index (χ0v) is 11.3. The van der Waals surface area contributed by atoms with Crippen LogP contribution in [0.3, 0.4) is 0 Å². The Morgan fingerprint density at radius 3 is 2.35 bits per heavy atom. The van der Waals surface area contributed by atoms with Gasteiger partial charge in [-0.3, -0.25) is 10.1 Å². The zero-order valence-electron chi connectivity index (χ0n) is 10.5. The molecular weight excluding hydrogens is 278 g/mol. The molecule has 2 aromatic rings. The van der Waals surface area contributed by atoms with Gasteiger partial charge in [0.2, 0.25) is 0 Å². The molecule has 0 aliphatic carbocycles. The van der Waals surface area contributed by atoms with Crippen LogP contribution in [0.4, 0.5) is 5.69 Å². The molecule has 0 fully saturated rings. The molecule has 20 heavy (non-hydrogen) atoms. The molecule has 4 nitrogen and oxygen atoms in total. The normalized spacial score (nSPS) is 10.7. The molecule has 0 N–H and O–H groups in total. The summed E-state index contributed by atoms with van der Waals surface area (Å²) in [7, 11) is 0. The predicted octanol–water partition coefficient (Wildman–Crippen LogP) is 4.34. The number of rotatable bonds is 5. The predicted molar refractivity (Wildman–Crippen MR) is 79.1 cm³/mol. The minimum Gasteiger partial charge on any atom is -0.490 e. The van der Waals surface area contributed by atoms with Crippen molar-refractivity contribution in [3.05, 3.63) is 75.3 Å². The molecule has 0 spiro atoms. The van der Waals surface area contributed by atoms with E-state index in [1.54, 1.807) is 12.1 Å². The van der Waals surface area contributed by atoms with E-state index >= 15 is 0 Å². The Hall–Kier alpha value is -2.33. The molecule has 0 aromatic heterocycles. The second-order valence-electron chi connectivity index (χ2n) is 4.02. The smallest absolute Gasteiger partial charge is 0.269 e. The number of nitro groups is 1. The summed E-state index contributed by atoms with van der Waals surface area (Å²) in [6.07, 6.45) is 3.78. The van der Waals surface area contributed by atoms with Crippen LogP contribution in [-0.4, -0.2) is 11.5 Å². The summed E-state index contributed by atoms with van der Waals surface area (Å²) in [5, 5.41) is 11.2. The molecule has 5 heteroatoms. The van der Waals surface area contributed by atoms with Gasteiger partial charge in [-0.2, -0.15) is 0 Å². The summed E-state index contributed by atoms with van der Waals surface area (Å²) in [6, 6.07) is 13.4. The first-order chi connectivity index (χ1) is 9.65. The molecule has 2 aromatic carbocycles. The van der Waals surface area contributed by atoms with Crippen LogP contribution >= 0.6 is 11.6 Å². The molecule has 0 aliphatic heterocycles. The number of halogens is 1. The van der Waals surface area contributed by atoms with Gasteiger partial charge in [0.05, 0.1) is 4.92 Å². The average molecular weight is 290 g/mol. The van der Waals surface area contributed by atoms with Gasteiger partial charge in [-0.15, -0.1) is 0 Å². The van der Waals surface area contributed by atoms with Gasteiger partial charge in [0.15, 0.2) is 0 Å². The Bertz CT molecular complexity index is 606. The van der Waals surface area contributed by atoms with E-state index in [1.165, 1.54) is 12.1 Å². The fourth-order valence-corrected chi connectivity index (χ4v) is 1.69. The maximum Gasteiger partial charge on any atom is 0.269 e. The Labute approximate surface area is 121 Å². The second kappa shape index (κ2) is 6.73. The highest BCUT2D eigenvalue weighted by molar-refractivity contribution is 6.30. The van der Waals surface area contributed by atoms with Gasteiger partial charge in [-0.05, 0) is 35.9 Å². The molecule has 0 amide bonds. The SMILES string of the molecule is O=[N+]([O-])c1ccc(OC/C=C/c2ccc(Cl)cc2)cc1. The lowest BCUT2D eigenvalue weighted by Gasteiger charge is -2.02. The zero-order chi connectivity index (χ0) is 14.4. The molecule has 0 atom stereocenters. The van der Waals surface area contributed by atoms with Crippen LogP contribution in [0.25, 0.3) is 6.08 Å². The van der Waals surface area contributed by atoms with Gasteiger partial charge in [-0.25, -0.2) is 0 Å². The van der Waals surface area contributed by atoms with Gasteiger partial charge in [-0.1, -0.05) is 29.8 Å². The summed E-state index contributed by atoms with van der Waals surface area (Å²) in [5.74, 6) is 0.594. The number of hydrogen-bond acceptors (Lipinski definition) is 3. The maximum atomic E-state index is 10.5. The highest BCUT2D eigenvalue weighted by atomic mass is 35.5. The lowest BCUT2D eigenvalue weighted by Crippen LogP contribution is -1.93. The molecule has 0 bridgehead atoms. The van der Waals surface area contributed by atoms with Crippen molar-refractivity contribution in [2.75, 3.05) is 6.61 Å². The van der Waals surface area contributed by atoms with Crippen molar-refractivity contribution < 1.29 is 9.66 Å². The quantitative estimate of drug-likeness (QED) is 0.608. The first-order valence-corrected chi connectivity index (χ1v) is 6.32. The fourth-order valence-electron chi connectivity index (χ4n) is 1.57. The molecule has 0 saturated carbocycles. The number of benzene rings is 2. The summed E-state index contributed by atoms with van der Waals surface area (Å²) in [4.78, 5) is 10.1. The lowest BCUT2D eigenvalue weighted by atomic mass is 10.2. The van der Waals surface area contributed by atoms with Gasteiger partial charge in [0.25, 0.3) is 5.69 Å². The minimum absolute atomic E-state index is 0.0501. The number of hydrogen-bond donors (Lipinski definition) is 0. The molecular formula is C15H12ClNO3. The van der Waals surface area contributed by atoms with Crippen molar-refractivity contribution >= 4 is 23.4 Å². The van der Waals surface area contributed by atoms with E-state index < -0.39 is 4.92 Å². The average Bonchev–Trinajstić information content (AvgIpc) is 2.46. The van der Waals surface area contributed by atoms with Gasteiger partial charge in [0.1, 0.15) is 12.4 Å². The first kappa shape index (κ1) is 14.1. The first-order valence-electron chi connectivity index (χ1n) is 5.94. The van der Waals surface area contributed by atoms with Crippen LogP contribution in [-0.2, 0) is 0 Å². The van der Waals surface area contributed by atoms with Crippen molar-refractivity contribution in [3.63, 3.8) is 0 Å². The third-order valence-corrected chi connectivity index (χ3v) is 2.83. The van der Waals surface area contributed by atoms with E-state index in [0.717, 1.165) is 5.56 Å². The van der Waals surface area contributed by atoms with Crippen LogP contribution in [0.1, 0.15) is 5.56 Å². The Morgan fingerprint density at radius 1 is 1.10 bits per heavy atom. The van der Waals surface area contributed by atoms with Crippen LogP contribution in [0.5, 0.6) is 5.75 Å². The van der Waals surface area contributed by atoms with Crippen molar-refractivity contribution in [1.29, 1.82) is 0 Å². The third kappa shape index (κ3) is 4.10. The van der Waals surface area contributed by atoms with Crippen LogP contribution in [0.15, 0.2) is 54.6 Å². The standard InChI is InChI=1S/C15H12ClNO3/c16-13-5-3-12(4-6-13)2-1-11-20-15-9-7-14(8-10-15)17(18)19/h1-10H,11H2/b2-1+. The van der Waals surface area contributed by atoms with Gasteiger partial charge in [0, 0.05) is 17.2 Å². The van der Waals surface area contributed by atoms with E-state index in [0.29, 0.717) is 17.4 Å². The van der Waals surface area contributed by atoms with Crippen molar-refractivity contribution in [1.82, 2.24) is 0 Å². The summed E-state index contributed by atoms with van der Waals surface area (Å²) >= 11 is 5.79. The molecule has 0 saturated heterocycles. The van der Waals surface area contributed by atoms with E-state index in [1.807, 2.05) is 36.4 Å². The lowest BCUT2D eigenvalue weighted by molar-refractivity contribution is -0.384. The summed E-state index contributed by atoms with van der Waals surface area (Å²) in [6.45, 7) is 0.389. The van der Waals surface area contributed by atoms with Crippen molar-refractivity contribution in [2.24, 2.45) is 0 Å². The molecule has 0 heterocycles. The fraction of sp³-hybridized carbons (Fsp3) is 0.0667. The maximum absolute atomic E-state index is 10.5. The molecule has 0 aliphatic rings. The van der Waals surface area contributed by atoms with Crippen LogP contribution in [0, 0.1) is 10.1 Å². The number of ether oxygens (including phenoxy) is 1. The number of non-ortho nitro benzene ring substituents is 1. The minimum atomic E-state index is -0.440. The number of nitrogens with zero attached hydrogens (tertiary/aromatic N) is 1. The largest absolute Gasteiger partial charge is 0.490 e. The second-order valence-corrected chi connectivity index (χ2v) is 4.45. The topological polar surface area (TPSA) is 52.4 Å². The number of nitro benzene ring substituents is 1. The summed E-state index contributed by atoms with van der Waals surface area (Å²) in [5.41, 5.74) is 1.08. The Balaban J connectivity index is 1.86. The van der Waals surface area contributed by atoms with Crippen LogP contribution < -0.4 is 4.74 Å². The van der Waals surface area contributed by atoms with E-state index in [-0.39, 0.29) is 5.69 Å². The Morgan fingerprint density at radius 2 is 1.75 bits per heavy atom. The summed E-state index contributed by atoms with van der Waals surface area (Å²) < 4.78 is 5.45. The molecule has 0 unspecified atom stereocenters. The highest BCUT2D eigenvalue weighted by Gasteiger charge is 2.03. The van der Waals surface area contributed by atoms with Gasteiger partial charge >= 0.3 is 0 Å². The van der Waals surface area contributed by atoms with Crippen molar-refractivity contribution in [3.8, 4) is 5.75 Å². The van der Waals surface area contributed by atoms with Crippen LogP contribution in [0.2, 0.25) is 5.02 Å². The van der Waals surface area contributed by atoms with Crippen molar-refractivity contribution in [2.45, 2.75) is 0 Å². The molecule has 0 radical (unpaired) electrons. The van der Waals surface area contributed by atoms with E-state index in [4.69, 9.17) is 16.3 Å². The molecule has 102 valence electrons. The van der Waals surface area contributed by atoms with E-state index in [9.17, 15) is 10.1 Å². The molecule has 2 rings (SSSR count). The Kier molecular flexibility index (Phi) is 4.74. The highest BCUT2D eigenvalue weighted by Crippen LogP contribution is 2.17.